The summed E-state index contributed by atoms with van der Waals surface area (Å²) in [6.07, 6.45) is 6.78. The number of aromatic amines is 2. The van der Waals surface area contributed by atoms with Gasteiger partial charge in [-0.3, -0.25) is 9.78 Å². The zero-order valence-electron chi connectivity index (χ0n) is 13.1. The molecule has 7 heteroatoms. The van der Waals surface area contributed by atoms with Crippen LogP contribution in [0.5, 0.6) is 0 Å². The third-order valence-electron chi connectivity index (χ3n) is 5.20. The van der Waals surface area contributed by atoms with Crippen LogP contribution >= 0.6 is 0 Å². The van der Waals surface area contributed by atoms with Crippen LogP contribution in [0.1, 0.15) is 44.3 Å². The molecule has 1 aromatic heterocycles. The SMILES string of the molecule is CO[C@@H]1CCC[C@@]12CCCN(C(=O)CCc1n[nH]c(=O)[nH]1)C2. The number of piperidine rings is 1. The van der Waals surface area contributed by atoms with E-state index in [9.17, 15) is 9.59 Å². The number of carbonyl (C=O) groups excluding carboxylic acids is 1. The van der Waals surface area contributed by atoms with Crippen LogP contribution in [0, 0.1) is 5.41 Å². The number of hydrogen-bond donors (Lipinski definition) is 2. The van der Waals surface area contributed by atoms with Crippen molar-refractivity contribution in [1.82, 2.24) is 20.1 Å². The molecule has 0 bridgehead atoms. The van der Waals surface area contributed by atoms with Gasteiger partial charge in [0.15, 0.2) is 0 Å². The molecular weight excluding hydrogens is 284 g/mol. The highest BCUT2D eigenvalue weighted by molar-refractivity contribution is 5.76. The first-order chi connectivity index (χ1) is 10.6. The van der Waals surface area contributed by atoms with Crippen molar-refractivity contribution in [3.05, 3.63) is 16.3 Å². The standard InChI is InChI=1S/C15H24N4O3/c1-22-11-4-2-7-15(11)8-3-9-19(10-15)13(20)6-5-12-16-14(21)18-17-12/h11H,2-10H2,1H3,(H2,16,17,18,21)/t11-,15+/m1/s1. The van der Waals surface area contributed by atoms with Crippen molar-refractivity contribution < 1.29 is 9.53 Å². The summed E-state index contributed by atoms with van der Waals surface area (Å²) in [4.78, 5) is 28.0. The van der Waals surface area contributed by atoms with Crippen LogP contribution in [0.25, 0.3) is 0 Å². The van der Waals surface area contributed by atoms with E-state index in [4.69, 9.17) is 4.74 Å². The van der Waals surface area contributed by atoms with E-state index in [-0.39, 0.29) is 23.1 Å². The molecule has 0 aromatic carbocycles. The highest BCUT2D eigenvalue weighted by Crippen LogP contribution is 2.46. The van der Waals surface area contributed by atoms with E-state index < -0.39 is 0 Å². The van der Waals surface area contributed by atoms with Crippen molar-refractivity contribution in [3.63, 3.8) is 0 Å². The predicted octanol–water partition coefficient (Wildman–Crippen LogP) is 0.838. The minimum atomic E-state index is -0.326. The first-order valence-electron chi connectivity index (χ1n) is 8.07. The summed E-state index contributed by atoms with van der Waals surface area (Å²) in [7, 11) is 1.78. The Kier molecular flexibility index (Phi) is 4.33. The molecule has 1 aliphatic heterocycles. The summed E-state index contributed by atoms with van der Waals surface area (Å²) in [5.41, 5.74) is -0.170. The monoisotopic (exact) mass is 308 g/mol. The quantitative estimate of drug-likeness (QED) is 0.862. The number of H-pyrrole nitrogens is 2. The Morgan fingerprint density at radius 3 is 3.00 bits per heavy atom. The van der Waals surface area contributed by atoms with Crippen molar-refractivity contribution in [2.75, 3.05) is 20.2 Å². The van der Waals surface area contributed by atoms with E-state index in [1.165, 1.54) is 6.42 Å². The molecule has 22 heavy (non-hydrogen) atoms. The molecule has 1 spiro atoms. The van der Waals surface area contributed by atoms with E-state index in [1.807, 2.05) is 4.90 Å². The molecule has 1 saturated heterocycles. The van der Waals surface area contributed by atoms with Gasteiger partial charge in [0, 0.05) is 38.5 Å². The van der Waals surface area contributed by atoms with Gasteiger partial charge in [-0.1, -0.05) is 6.42 Å². The first-order valence-corrected chi connectivity index (χ1v) is 8.07. The van der Waals surface area contributed by atoms with Crippen LogP contribution in [0.3, 0.4) is 0 Å². The number of likely N-dealkylation sites (tertiary alicyclic amines) is 1. The molecule has 1 aliphatic carbocycles. The number of carbonyl (C=O) groups is 1. The largest absolute Gasteiger partial charge is 0.381 e. The summed E-state index contributed by atoms with van der Waals surface area (Å²) in [5, 5.41) is 6.17. The zero-order valence-corrected chi connectivity index (χ0v) is 13.1. The average molecular weight is 308 g/mol. The van der Waals surface area contributed by atoms with Crippen LogP contribution < -0.4 is 5.69 Å². The summed E-state index contributed by atoms with van der Waals surface area (Å²) in [6.45, 7) is 1.63. The Balaban J connectivity index is 1.59. The van der Waals surface area contributed by atoms with Crippen LogP contribution in [0.15, 0.2) is 4.79 Å². The van der Waals surface area contributed by atoms with Crippen LogP contribution in [-0.4, -0.2) is 52.3 Å². The first kappa shape index (κ1) is 15.3. The topological polar surface area (TPSA) is 91.1 Å². The van der Waals surface area contributed by atoms with Crippen LogP contribution in [0.2, 0.25) is 0 Å². The van der Waals surface area contributed by atoms with Gasteiger partial charge in [0.05, 0.1) is 6.10 Å². The maximum atomic E-state index is 12.5. The molecule has 2 fully saturated rings. The van der Waals surface area contributed by atoms with E-state index in [1.54, 1.807) is 7.11 Å². The number of nitrogens with one attached hydrogen (secondary N) is 2. The minimum Gasteiger partial charge on any atom is -0.381 e. The van der Waals surface area contributed by atoms with E-state index in [0.717, 1.165) is 38.8 Å². The minimum absolute atomic E-state index is 0.143. The molecular formula is C15H24N4O3. The second-order valence-corrected chi connectivity index (χ2v) is 6.52. The fourth-order valence-electron chi connectivity index (χ4n) is 4.12. The fraction of sp³-hybridized carbons (Fsp3) is 0.800. The Hall–Kier alpha value is -1.63. The lowest BCUT2D eigenvalue weighted by atomic mass is 9.76. The molecule has 0 radical (unpaired) electrons. The summed E-state index contributed by atoms with van der Waals surface area (Å²) >= 11 is 0. The van der Waals surface area contributed by atoms with Gasteiger partial charge in [-0.15, -0.1) is 0 Å². The zero-order chi connectivity index (χ0) is 15.6. The van der Waals surface area contributed by atoms with Gasteiger partial charge in [0.25, 0.3) is 0 Å². The lowest BCUT2D eigenvalue weighted by Gasteiger charge is -2.43. The third-order valence-corrected chi connectivity index (χ3v) is 5.20. The molecule has 1 saturated carbocycles. The summed E-state index contributed by atoms with van der Waals surface area (Å²) in [5.74, 6) is 0.686. The average Bonchev–Trinajstić information content (AvgIpc) is 3.11. The Labute approximate surface area is 129 Å². The van der Waals surface area contributed by atoms with Crippen molar-refractivity contribution in [2.24, 2.45) is 5.41 Å². The lowest BCUT2D eigenvalue weighted by molar-refractivity contribution is -0.137. The van der Waals surface area contributed by atoms with Crippen molar-refractivity contribution in [1.29, 1.82) is 0 Å². The van der Waals surface area contributed by atoms with Gasteiger partial charge in [-0.25, -0.2) is 9.89 Å². The number of aromatic nitrogens is 3. The number of nitrogens with zero attached hydrogens (tertiary/aromatic N) is 2. The summed E-state index contributed by atoms with van der Waals surface area (Å²) < 4.78 is 5.67. The fourth-order valence-corrected chi connectivity index (χ4v) is 4.12. The van der Waals surface area contributed by atoms with Crippen LogP contribution in [0.4, 0.5) is 0 Å². The van der Waals surface area contributed by atoms with E-state index >= 15 is 0 Å². The van der Waals surface area contributed by atoms with Crippen molar-refractivity contribution in [3.8, 4) is 0 Å². The number of hydrogen-bond acceptors (Lipinski definition) is 4. The number of rotatable bonds is 4. The smallest absolute Gasteiger partial charge is 0.340 e. The molecule has 2 heterocycles. The van der Waals surface area contributed by atoms with E-state index in [2.05, 4.69) is 15.2 Å². The molecule has 0 unspecified atom stereocenters. The second kappa shape index (κ2) is 6.24. The number of amides is 1. The van der Waals surface area contributed by atoms with Gasteiger partial charge in [-0.2, -0.15) is 5.10 Å². The van der Waals surface area contributed by atoms with E-state index in [0.29, 0.717) is 18.7 Å². The maximum absolute atomic E-state index is 12.5. The molecule has 122 valence electrons. The second-order valence-electron chi connectivity index (χ2n) is 6.52. The molecule has 1 aromatic rings. The van der Waals surface area contributed by atoms with Gasteiger partial charge < -0.3 is 9.64 Å². The lowest BCUT2D eigenvalue weighted by Crippen LogP contribution is -2.49. The Morgan fingerprint density at radius 1 is 1.45 bits per heavy atom. The molecule has 2 N–H and O–H groups in total. The number of aryl methyl sites for hydroxylation is 1. The third kappa shape index (κ3) is 2.95. The normalized spacial score (nSPS) is 28.4. The number of methoxy groups -OCH3 is 1. The molecule has 7 nitrogen and oxygen atoms in total. The van der Waals surface area contributed by atoms with Gasteiger partial charge in [0.1, 0.15) is 5.82 Å². The molecule has 3 rings (SSSR count). The molecule has 1 amide bonds. The molecule has 2 aliphatic rings. The van der Waals surface area contributed by atoms with Crippen molar-refractivity contribution in [2.45, 2.75) is 51.0 Å². The number of ether oxygens (including phenoxy) is 1. The maximum Gasteiger partial charge on any atom is 0.340 e. The van der Waals surface area contributed by atoms with Crippen LogP contribution in [-0.2, 0) is 16.0 Å². The Morgan fingerprint density at radius 2 is 2.27 bits per heavy atom. The molecule has 2 atom stereocenters. The van der Waals surface area contributed by atoms with Gasteiger partial charge in [0.2, 0.25) is 5.91 Å². The van der Waals surface area contributed by atoms with Gasteiger partial charge >= 0.3 is 5.69 Å². The van der Waals surface area contributed by atoms with Gasteiger partial charge in [-0.05, 0) is 25.7 Å². The Bertz CT molecular complexity index is 581. The van der Waals surface area contributed by atoms with Crippen molar-refractivity contribution >= 4 is 5.91 Å². The predicted molar refractivity (Wildman–Crippen MR) is 80.4 cm³/mol. The highest BCUT2D eigenvalue weighted by Gasteiger charge is 2.46. The summed E-state index contributed by atoms with van der Waals surface area (Å²) in [6, 6.07) is 0. The highest BCUT2D eigenvalue weighted by atomic mass is 16.5.